The maximum Gasteiger partial charge on any atom is 0.262 e. The van der Waals surface area contributed by atoms with Crippen LogP contribution in [0.3, 0.4) is 0 Å². The number of carbonyl (C=O) groups excluding carboxylic acids is 2. The van der Waals surface area contributed by atoms with E-state index in [1.165, 1.54) is 0 Å². The molecule has 32 heavy (non-hydrogen) atoms. The third-order valence-electron chi connectivity index (χ3n) is 5.23. The monoisotopic (exact) mass is 497 g/mol. The highest BCUT2D eigenvalue weighted by molar-refractivity contribution is 9.10. The van der Waals surface area contributed by atoms with E-state index in [0.29, 0.717) is 23.5 Å². The summed E-state index contributed by atoms with van der Waals surface area (Å²) in [5, 5.41) is 7.83. The van der Waals surface area contributed by atoms with Gasteiger partial charge in [0.25, 0.3) is 11.8 Å². The second-order valence-corrected chi connectivity index (χ2v) is 8.09. The highest BCUT2D eigenvalue weighted by atomic mass is 79.9. The number of ether oxygens (including phenoxy) is 1. The molecule has 3 rings (SSSR count). The van der Waals surface area contributed by atoms with Crippen molar-refractivity contribution in [2.75, 3.05) is 38.1 Å². The van der Waals surface area contributed by atoms with Crippen LogP contribution in [0, 0.1) is 0 Å². The first-order valence-electron chi connectivity index (χ1n) is 10.7. The zero-order valence-corrected chi connectivity index (χ0v) is 19.9. The number of hydrogen-bond acceptors (Lipinski definition) is 4. The second kappa shape index (κ2) is 11.6. The highest BCUT2D eigenvalue weighted by Crippen LogP contribution is 2.33. The van der Waals surface area contributed by atoms with Crippen molar-refractivity contribution in [3.8, 4) is 5.75 Å². The summed E-state index contributed by atoms with van der Waals surface area (Å²) in [6.07, 6.45) is 0. The van der Waals surface area contributed by atoms with Crippen molar-refractivity contribution >= 4 is 44.2 Å². The van der Waals surface area contributed by atoms with Gasteiger partial charge in [-0.05, 0) is 70.1 Å². The van der Waals surface area contributed by atoms with E-state index in [-0.39, 0.29) is 18.4 Å². The number of fused-ring (bicyclic) bond motifs is 1. The maximum absolute atomic E-state index is 12.3. The Kier molecular flexibility index (Phi) is 8.64. The summed E-state index contributed by atoms with van der Waals surface area (Å²) >= 11 is 3.56. The SMILES string of the molecule is CCN(CC)CCNC(=O)c1ccc(NC(=O)COc2ccc3ccccc3c2Br)cc1. The summed E-state index contributed by atoms with van der Waals surface area (Å²) in [5.74, 6) is 0.205. The lowest BCUT2D eigenvalue weighted by Gasteiger charge is -2.18. The van der Waals surface area contributed by atoms with Crippen LogP contribution in [0.4, 0.5) is 5.69 Å². The second-order valence-electron chi connectivity index (χ2n) is 7.30. The van der Waals surface area contributed by atoms with Crippen LogP contribution in [0.25, 0.3) is 10.8 Å². The molecule has 6 nitrogen and oxygen atoms in total. The fourth-order valence-corrected chi connectivity index (χ4v) is 3.95. The van der Waals surface area contributed by atoms with Gasteiger partial charge < -0.3 is 20.3 Å². The Hall–Kier alpha value is -2.90. The third kappa shape index (κ3) is 6.31. The summed E-state index contributed by atoms with van der Waals surface area (Å²) in [7, 11) is 0. The van der Waals surface area contributed by atoms with Gasteiger partial charge in [-0.25, -0.2) is 0 Å². The third-order valence-corrected chi connectivity index (χ3v) is 6.04. The predicted molar refractivity (Wildman–Crippen MR) is 132 cm³/mol. The van der Waals surface area contributed by atoms with E-state index in [9.17, 15) is 9.59 Å². The Morgan fingerprint density at radius 1 is 0.969 bits per heavy atom. The average Bonchev–Trinajstić information content (AvgIpc) is 2.82. The van der Waals surface area contributed by atoms with Crippen molar-refractivity contribution in [3.05, 3.63) is 70.7 Å². The van der Waals surface area contributed by atoms with Gasteiger partial charge >= 0.3 is 0 Å². The standard InChI is InChI=1S/C25H28BrN3O3/c1-3-29(4-2)16-15-27-25(31)19-9-12-20(13-10-19)28-23(30)17-32-22-14-11-18-7-5-6-8-21(18)24(22)26/h5-14H,3-4,15-17H2,1-2H3,(H,27,31)(H,28,30). The molecule has 0 spiro atoms. The van der Waals surface area contributed by atoms with Gasteiger partial charge in [0.2, 0.25) is 0 Å². The first-order valence-corrected chi connectivity index (χ1v) is 11.5. The predicted octanol–water partition coefficient (Wildman–Crippen LogP) is 4.69. The molecular formula is C25H28BrN3O3. The minimum absolute atomic E-state index is 0.121. The van der Waals surface area contributed by atoms with E-state index >= 15 is 0 Å². The molecule has 0 fully saturated rings. The molecular weight excluding hydrogens is 470 g/mol. The van der Waals surface area contributed by atoms with E-state index in [2.05, 4.69) is 45.3 Å². The zero-order valence-electron chi connectivity index (χ0n) is 18.4. The topological polar surface area (TPSA) is 70.7 Å². The number of anilines is 1. The Morgan fingerprint density at radius 3 is 2.41 bits per heavy atom. The van der Waals surface area contributed by atoms with Gasteiger partial charge in [-0.3, -0.25) is 9.59 Å². The quantitative estimate of drug-likeness (QED) is 0.426. The van der Waals surface area contributed by atoms with Crippen LogP contribution in [0.5, 0.6) is 5.75 Å². The Balaban J connectivity index is 1.49. The smallest absolute Gasteiger partial charge is 0.262 e. The van der Waals surface area contributed by atoms with Crippen LogP contribution in [-0.2, 0) is 4.79 Å². The number of nitrogens with zero attached hydrogens (tertiary/aromatic N) is 1. The number of likely N-dealkylation sites (N-methyl/N-ethyl adjacent to an activating group) is 1. The molecule has 0 saturated carbocycles. The van der Waals surface area contributed by atoms with Gasteiger partial charge in [-0.1, -0.05) is 44.2 Å². The molecule has 0 radical (unpaired) electrons. The molecule has 0 unspecified atom stereocenters. The van der Waals surface area contributed by atoms with Gasteiger partial charge in [0.05, 0.1) is 4.47 Å². The molecule has 0 aliphatic carbocycles. The summed E-state index contributed by atoms with van der Waals surface area (Å²) in [4.78, 5) is 26.8. The van der Waals surface area contributed by atoms with E-state index in [4.69, 9.17) is 4.74 Å². The molecule has 3 aromatic rings. The lowest BCUT2D eigenvalue weighted by atomic mass is 10.1. The first-order chi connectivity index (χ1) is 15.5. The Bertz CT molecular complexity index is 1070. The van der Waals surface area contributed by atoms with Crippen LogP contribution in [0.15, 0.2) is 65.1 Å². The van der Waals surface area contributed by atoms with Crippen LogP contribution < -0.4 is 15.4 Å². The van der Waals surface area contributed by atoms with Gasteiger partial charge in [-0.15, -0.1) is 0 Å². The molecule has 0 aliphatic heterocycles. The van der Waals surface area contributed by atoms with Gasteiger partial charge in [0, 0.05) is 24.3 Å². The minimum atomic E-state index is -0.276. The summed E-state index contributed by atoms with van der Waals surface area (Å²) in [5.41, 5.74) is 1.16. The number of rotatable bonds is 10. The molecule has 0 saturated heterocycles. The number of carbonyl (C=O) groups is 2. The largest absolute Gasteiger partial charge is 0.483 e. The minimum Gasteiger partial charge on any atom is -0.483 e. The molecule has 0 atom stereocenters. The summed E-state index contributed by atoms with van der Waals surface area (Å²) in [6.45, 7) is 7.42. The van der Waals surface area contributed by atoms with Gasteiger partial charge in [-0.2, -0.15) is 0 Å². The molecule has 2 N–H and O–H groups in total. The number of nitrogens with one attached hydrogen (secondary N) is 2. The maximum atomic E-state index is 12.3. The van der Waals surface area contributed by atoms with Crippen LogP contribution in [-0.4, -0.2) is 49.5 Å². The number of benzene rings is 3. The normalized spacial score (nSPS) is 10.9. The van der Waals surface area contributed by atoms with E-state index in [1.807, 2.05) is 36.4 Å². The number of amides is 2. The van der Waals surface area contributed by atoms with Crippen molar-refractivity contribution in [2.24, 2.45) is 0 Å². The van der Waals surface area contributed by atoms with Crippen LogP contribution >= 0.6 is 15.9 Å². The van der Waals surface area contributed by atoms with Crippen molar-refractivity contribution in [3.63, 3.8) is 0 Å². The van der Waals surface area contributed by atoms with Crippen LogP contribution in [0.1, 0.15) is 24.2 Å². The molecule has 0 bridgehead atoms. The molecule has 168 valence electrons. The molecule has 0 aromatic heterocycles. The Morgan fingerprint density at radius 2 is 1.69 bits per heavy atom. The van der Waals surface area contributed by atoms with Crippen molar-refractivity contribution in [2.45, 2.75) is 13.8 Å². The fourth-order valence-electron chi connectivity index (χ4n) is 3.34. The van der Waals surface area contributed by atoms with Crippen molar-refractivity contribution in [1.82, 2.24) is 10.2 Å². The fraction of sp³-hybridized carbons (Fsp3) is 0.280. The van der Waals surface area contributed by atoms with Crippen LogP contribution in [0.2, 0.25) is 0 Å². The molecule has 0 heterocycles. The number of halogens is 1. The molecule has 3 aromatic carbocycles. The van der Waals surface area contributed by atoms with E-state index in [0.717, 1.165) is 34.9 Å². The Labute approximate surface area is 197 Å². The lowest BCUT2D eigenvalue weighted by Crippen LogP contribution is -2.34. The van der Waals surface area contributed by atoms with Crippen molar-refractivity contribution < 1.29 is 14.3 Å². The molecule has 7 heteroatoms. The molecule has 2 amide bonds. The number of hydrogen-bond donors (Lipinski definition) is 2. The summed E-state index contributed by atoms with van der Waals surface area (Å²) < 4.78 is 6.52. The average molecular weight is 498 g/mol. The van der Waals surface area contributed by atoms with E-state index < -0.39 is 0 Å². The summed E-state index contributed by atoms with van der Waals surface area (Å²) in [6, 6.07) is 18.6. The lowest BCUT2D eigenvalue weighted by molar-refractivity contribution is -0.118. The van der Waals surface area contributed by atoms with Gasteiger partial charge in [0.15, 0.2) is 6.61 Å². The van der Waals surface area contributed by atoms with Crippen molar-refractivity contribution in [1.29, 1.82) is 0 Å². The van der Waals surface area contributed by atoms with Gasteiger partial charge in [0.1, 0.15) is 5.75 Å². The highest BCUT2D eigenvalue weighted by Gasteiger charge is 2.10. The zero-order chi connectivity index (χ0) is 22.9. The van der Waals surface area contributed by atoms with E-state index in [1.54, 1.807) is 24.3 Å². The first kappa shape index (κ1) is 23.8. The molecule has 0 aliphatic rings.